The predicted molar refractivity (Wildman–Crippen MR) is 88.9 cm³/mol. The molecule has 112 valence electrons. The van der Waals surface area contributed by atoms with E-state index in [9.17, 15) is 10.1 Å². The summed E-state index contributed by atoms with van der Waals surface area (Å²) in [6.45, 7) is 0. The Morgan fingerprint density at radius 1 is 1.04 bits per heavy atom. The van der Waals surface area contributed by atoms with Crippen molar-refractivity contribution in [3.05, 3.63) is 71.8 Å². The highest BCUT2D eigenvalue weighted by molar-refractivity contribution is 6.42. The van der Waals surface area contributed by atoms with Crippen molar-refractivity contribution in [2.75, 3.05) is 0 Å². The number of rotatable bonds is 3. The fourth-order valence-electron chi connectivity index (χ4n) is 2.44. The van der Waals surface area contributed by atoms with Crippen molar-refractivity contribution in [2.45, 2.75) is 6.04 Å². The summed E-state index contributed by atoms with van der Waals surface area (Å²) < 4.78 is 0. The van der Waals surface area contributed by atoms with Crippen LogP contribution in [-0.4, -0.2) is 17.7 Å². The maximum atomic E-state index is 11.6. The van der Waals surface area contributed by atoms with Gasteiger partial charge in [-0.2, -0.15) is 5.26 Å². The van der Waals surface area contributed by atoms with Crippen molar-refractivity contribution in [1.82, 2.24) is 5.32 Å². The van der Waals surface area contributed by atoms with E-state index in [1.807, 2.05) is 66.7 Å². The van der Waals surface area contributed by atoms with E-state index in [2.05, 4.69) is 10.3 Å². The highest BCUT2D eigenvalue weighted by atomic mass is 16.1. The van der Waals surface area contributed by atoms with Crippen molar-refractivity contribution in [2.24, 2.45) is 10.7 Å². The first-order chi connectivity index (χ1) is 11.2. The molecule has 0 aliphatic carbocycles. The Kier molecular flexibility index (Phi) is 3.89. The molecule has 0 bridgehead atoms. The lowest BCUT2D eigenvalue weighted by atomic mass is 10.0. The van der Waals surface area contributed by atoms with E-state index >= 15 is 0 Å². The number of benzene rings is 2. The number of nitriles is 1. The first-order valence-electron chi connectivity index (χ1n) is 7.10. The van der Waals surface area contributed by atoms with Crippen LogP contribution in [0.5, 0.6) is 0 Å². The molecule has 0 radical (unpaired) electrons. The van der Waals surface area contributed by atoms with E-state index in [1.54, 1.807) is 0 Å². The third kappa shape index (κ3) is 2.83. The minimum absolute atomic E-state index is 0.0195. The lowest BCUT2D eigenvalue weighted by Gasteiger charge is -2.24. The van der Waals surface area contributed by atoms with Crippen LogP contribution in [-0.2, 0) is 4.79 Å². The van der Waals surface area contributed by atoms with Crippen molar-refractivity contribution >= 4 is 23.0 Å². The van der Waals surface area contributed by atoms with Gasteiger partial charge in [0.1, 0.15) is 5.71 Å². The molecule has 0 saturated carbocycles. The van der Waals surface area contributed by atoms with Crippen LogP contribution in [0.1, 0.15) is 11.1 Å². The normalized spacial score (nSPS) is 17.0. The summed E-state index contributed by atoms with van der Waals surface area (Å²) in [7, 11) is 0. The van der Waals surface area contributed by atoms with Gasteiger partial charge in [0.15, 0.2) is 6.04 Å². The second-order valence-electron chi connectivity index (χ2n) is 5.02. The lowest BCUT2D eigenvalue weighted by molar-refractivity contribution is -0.112. The number of nitrogens with two attached hydrogens (primary N) is 1. The zero-order valence-electron chi connectivity index (χ0n) is 12.2. The minimum Gasteiger partial charge on any atom is -0.364 e. The molecule has 3 rings (SSSR count). The van der Waals surface area contributed by atoms with Crippen LogP contribution in [0.4, 0.5) is 0 Å². The van der Waals surface area contributed by atoms with E-state index in [0.717, 1.165) is 11.1 Å². The van der Waals surface area contributed by atoms with Crippen molar-refractivity contribution < 1.29 is 4.79 Å². The van der Waals surface area contributed by atoms with Gasteiger partial charge in [0.05, 0.1) is 17.5 Å². The standard InChI is InChI=1S/C18H14N4O/c19-11-14-17(18(20)23)22-16(13-9-5-2-6-10-13)15(21-14)12-7-3-1-4-8-12/h1-10,14,21H,(H2,20,23). The van der Waals surface area contributed by atoms with Crippen LogP contribution in [0.3, 0.4) is 0 Å². The molecule has 23 heavy (non-hydrogen) atoms. The molecule has 3 N–H and O–H groups in total. The monoisotopic (exact) mass is 302 g/mol. The molecule has 1 amide bonds. The number of primary amides is 1. The Morgan fingerprint density at radius 3 is 2.13 bits per heavy atom. The summed E-state index contributed by atoms with van der Waals surface area (Å²) in [5, 5.41) is 12.4. The van der Waals surface area contributed by atoms with Gasteiger partial charge in [-0.3, -0.25) is 4.79 Å². The van der Waals surface area contributed by atoms with E-state index in [0.29, 0.717) is 11.4 Å². The molecule has 2 aromatic rings. The number of nitrogens with zero attached hydrogens (tertiary/aromatic N) is 2. The van der Waals surface area contributed by atoms with Gasteiger partial charge in [-0.05, 0) is 5.56 Å². The molecule has 0 fully saturated rings. The fourth-order valence-corrected chi connectivity index (χ4v) is 2.44. The van der Waals surface area contributed by atoms with Gasteiger partial charge in [0.25, 0.3) is 5.91 Å². The van der Waals surface area contributed by atoms with Crippen LogP contribution in [0.25, 0.3) is 11.4 Å². The Labute approximate surface area is 133 Å². The second-order valence-corrected chi connectivity index (χ2v) is 5.02. The van der Waals surface area contributed by atoms with Crippen LogP contribution in [0, 0.1) is 11.3 Å². The SMILES string of the molecule is N#CC1NC(c2ccccc2)=C(c2ccccc2)N=C1C(N)=O. The summed E-state index contributed by atoms with van der Waals surface area (Å²) in [6, 6.07) is 20.2. The zero-order valence-corrected chi connectivity index (χ0v) is 12.2. The van der Waals surface area contributed by atoms with Crippen molar-refractivity contribution in [3.8, 4) is 6.07 Å². The van der Waals surface area contributed by atoms with E-state index in [1.165, 1.54) is 0 Å². The van der Waals surface area contributed by atoms with Gasteiger partial charge in [0, 0.05) is 5.56 Å². The summed E-state index contributed by atoms with van der Waals surface area (Å²) in [5.41, 5.74) is 8.42. The Balaban J connectivity index is 2.23. The maximum absolute atomic E-state index is 11.6. The Hall–Kier alpha value is -3.39. The van der Waals surface area contributed by atoms with Crippen LogP contribution < -0.4 is 11.1 Å². The minimum atomic E-state index is -0.866. The van der Waals surface area contributed by atoms with E-state index in [-0.39, 0.29) is 5.71 Å². The number of amides is 1. The molecule has 5 nitrogen and oxygen atoms in total. The van der Waals surface area contributed by atoms with Crippen LogP contribution >= 0.6 is 0 Å². The molecule has 2 aromatic carbocycles. The molecule has 1 heterocycles. The highest BCUT2D eigenvalue weighted by Crippen LogP contribution is 2.29. The molecule has 1 atom stereocenters. The van der Waals surface area contributed by atoms with E-state index < -0.39 is 11.9 Å². The third-order valence-corrected chi connectivity index (χ3v) is 3.52. The Morgan fingerprint density at radius 2 is 1.61 bits per heavy atom. The summed E-state index contributed by atoms with van der Waals surface area (Å²) in [4.78, 5) is 16.0. The third-order valence-electron chi connectivity index (χ3n) is 3.52. The Bertz CT molecular complexity index is 832. The number of hydrogen-bond donors (Lipinski definition) is 2. The number of carbonyl (C=O) groups is 1. The second kappa shape index (κ2) is 6.16. The van der Waals surface area contributed by atoms with Gasteiger partial charge < -0.3 is 11.1 Å². The molecule has 1 aliphatic rings. The zero-order chi connectivity index (χ0) is 16.2. The lowest BCUT2D eigenvalue weighted by Crippen LogP contribution is -2.44. The summed E-state index contributed by atoms with van der Waals surface area (Å²) in [6.07, 6.45) is 0. The summed E-state index contributed by atoms with van der Waals surface area (Å²) >= 11 is 0. The first-order valence-corrected chi connectivity index (χ1v) is 7.10. The van der Waals surface area contributed by atoms with Gasteiger partial charge in [-0.15, -0.1) is 0 Å². The molecule has 0 saturated heterocycles. The number of hydrogen-bond acceptors (Lipinski definition) is 4. The van der Waals surface area contributed by atoms with Crippen LogP contribution in [0.15, 0.2) is 65.7 Å². The molecule has 5 heteroatoms. The van der Waals surface area contributed by atoms with Crippen LogP contribution in [0.2, 0.25) is 0 Å². The molecular formula is C18H14N4O. The molecule has 0 spiro atoms. The van der Waals surface area contributed by atoms with Gasteiger partial charge in [-0.1, -0.05) is 60.7 Å². The average Bonchev–Trinajstić information content (AvgIpc) is 2.62. The smallest absolute Gasteiger partial charge is 0.266 e. The topological polar surface area (TPSA) is 91.3 Å². The quantitative estimate of drug-likeness (QED) is 0.907. The van der Waals surface area contributed by atoms with Gasteiger partial charge >= 0.3 is 0 Å². The predicted octanol–water partition coefficient (Wildman–Crippen LogP) is 1.93. The molecular weight excluding hydrogens is 288 g/mol. The maximum Gasteiger partial charge on any atom is 0.266 e. The highest BCUT2D eigenvalue weighted by Gasteiger charge is 2.28. The van der Waals surface area contributed by atoms with Gasteiger partial charge in [0.2, 0.25) is 0 Å². The average molecular weight is 302 g/mol. The summed E-state index contributed by atoms with van der Waals surface area (Å²) in [5.74, 6) is -0.704. The fraction of sp³-hybridized carbons (Fsp3) is 0.0556. The first kappa shape index (κ1) is 14.5. The van der Waals surface area contributed by atoms with E-state index in [4.69, 9.17) is 5.73 Å². The number of nitrogens with one attached hydrogen (secondary N) is 1. The number of carbonyl (C=O) groups excluding carboxylic acids is 1. The largest absolute Gasteiger partial charge is 0.364 e. The van der Waals surface area contributed by atoms with Crippen molar-refractivity contribution in [3.63, 3.8) is 0 Å². The molecule has 0 aromatic heterocycles. The molecule has 1 aliphatic heterocycles. The molecule has 1 unspecified atom stereocenters. The number of aliphatic imine (C=N–C) groups is 1. The van der Waals surface area contributed by atoms with Crippen molar-refractivity contribution in [1.29, 1.82) is 5.26 Å². The van der Waals surface area contributed by atoms with Gasteiger partial charge in [-0.25, -0.2) is 4.99 Å².